The molecule has 4 heteroatoms. The summed E-state index contributed by atoms with van der Waals surface area (Å²) in [6.45, 7) is 6.79. The molecule has 0 aromatic heterocycles. The number of aryl methyl sites for hydroxylation is 1. The maximum atomic E-state index is 12.4. The SMILES string of the molecule is Cc1cccc(NCC(=O)N2CCN(C/C=C/c3ccccc3)CC2)c1. The molecule has 2 aromatic carbocycles. The fourth-order valence-corrected chi connectivity index (χ4v) is 3.13. The fraction of sp³-hybridized carbons (Fsp3) is 0.318. The van der Waals surface area contributed by atoms with Crippen molar-refractivity contribution in [3.8, 4) is 0 Å². The zero-order valence-electron chi connectivity index (χ0n) is 15.4. The van der Waals surface area contributed by atoms with Gasteiger partial charge < -0.3 is 10.2 Å². The van der Waals surface area contributed by atoms with Crippen LogP contribution in [0.15, 0.2) is 60.7 Å². The van der Waals surface area contributed by atoms with Gasteiger partial charge >= 0.3 is 0 Å². The summed E-state index contributed by atoms with van der Waals surface area (Å²) >= 11 is 0. The van der Waals surface area contributed by atoms with E-state index in [1.807, 2.05) is 23.1 Å². The van der Waals surface area contributed by atoms with E-state index < -0.39 is 0 Å². The Balaban J connectivity index is 1.39. The van der Waals surface area contributed by atoms with Crippen LogP contribution in [0.3, 0.4) is 0 Å². The van der Waals surface area contributed by atoms with Gasteiger partial charge in [0, 0.05) is 38.4 Å². The number of amides is 1. The van der Waals surface area contributed by atoms with Gasteiger partial charge in [-0.2, -0.15) is 0 Å². The van der Waals surface area contributed by atoms with Crippen molar-refractivity contribution in [1.29, 1.82) is 0 Å². The third kappa shape index (κ3) is 5.46. The van der Waals surface area contributed by atoms with Gasteiger partial charge in [0.2, 0.25) is 5.91 Å². The number of anilines is 1. The highest BCUT2D eigenvalue weighted by atomic mass is 16.2. The first kappa shape index (κ1) is 18.2. The standard InChI is InChI=1S/C22H27N3O/c1-19-7-5-11-21(17-19)23-18-22(26)25-15-13-24(14-16-25)12-6-10-20-8-3-2-4-9-20/h2-11,17,23H,12-16,18H2,1H3/b10-6+. The summed E-state index contributed by atoms with van der Waals surface area (Å²) in [7, 11) is 0. The van der Waals surface area contributed by atoms with Crippen LogP contribution >= 0.6 is 0 Å². The summed E-state index contributed by atoms with van der Waals surface area (Å²) in [6, 6.07) is 18.5. The molecular weight excluding hydrogens is 322 g/mol. The lowest BCUT2D eigenvalue weighted by Gasteiger charge is -2.34. The number of carbonyl (C=O) groups excluding carboxylic acids is 1. The number of nitrogens with zero attached hydrogens (tertiary/aromatic N) is 2. The van der Waals surface area contributed by atoms with Crippen LogP contribution in [0.1, 0.15) is 11.1 Å². The summed E-state index contributed by atoms with van der Waals surface area (Å²) in [5, 5.41) is 3.23. The smallest absolute Gasteiger partial charge is 0.241 e. The highest BCUT2D eigenvalue weighted by Gasteiger charge is 2.19. The molecule has 0 unspecified atom stereocenters. The molecule has 1 saturated heterocycles. The Bertz CT molecular complexity index is 734. The zero-order valence-corrected chi connectivity index (χ0v) is 15.4. The Morgan fingerprint density at radius 2 is 1.81 bits per heavy atom. The van der Waals surface area contributed by atoms with Crippen molar-refractivity contribution >= 4 is 17.7 Å². The first-order valence-electron chi connectivity index (χ1n) is 9.23. The summed E-state index contributed by atoms with van der Waals surface area (Å²) in [5.41, 5.74) is 3.42. The molecule has 26 heavy (non-hydrogen) atoms. The van der Waals surface area contributed by atoms with Gasteiger partial charge in [0.25, 0.3) is 0 Å². The number of piperazine rings is 1. The summed E-state index contributed by atoms with van der Waals surface area (Å²) in [4.78, 5) is 16.7. The van der Waals surface area contributed by atoms with Crippen molar-refractivity contribution in [3.05, 3.63) is 71.8 Å². The lowest BCUT2D eigenvalue weighted by molar-refractivity contribution is -0.130. The average molecular weight is 349 g/mol. The molecule has 1 aliphatic rings. The molecule has 1 aliphatic heterocycles. The van der Waals surface area contributed by atoms with Gasteiger partial charge in [-0.25, -0.2) is 0 Å². The van der Waals surface area contributed by atoms with Crippen molar-refractivity contribution in [3.63, 3.8) is 0 Å². The topological polar surface area (TPSA) is 35.6 Å². The summed E-state index contributed by atoms with van der Waals surface area (Å²) in [6.07, 6.45) is 4.36. The van der Waals surface area contributed by atoms with Crippen LogP contribution in [-0.4, -0.2) is 55.0 Å². The average Bonchev–Trinajstić information content (AvgIpc) is 2.68. The molecule has 2 aromatic rings. The quantitative estimate of drug-likeness (QED) is 0.869. The number of hydrogen-bond acceptors (Lipinski definition) is 3. The second-order valence-electron chi connectivity index (χ2n) is 6.72. The van der Waals surface area contributed by atoms with Crippen LogP contribution in [0.2, 0.25) is 0 Å². The summed E-state index contributed by atoms with van der Waals surface area (Å²) < 4.78 is 0. The molecule has 0 atom stereocenters. The maximum Gasteiger partial charge on any atom is 0.241 e. The van der Waals surface area contributed by atoms with E-state index in [9.17, 15) is 4.79 Å². The maximum absolute atomic E-state index is 12.4. The highest BCUT2D eigenvalue weighted by Crippen LogP contribution is 2.10. The molecular formula is C22H27N3O. The van der Waals surface area contributed by atoms with E-state index in [0.717, 1.165) is 38.4 Å². The Hall–Kier alpha value is -2.59. The third-order valence-electron chi connectivity index (χ3n) is 4.66. The molecule has 3 rings (SSSR count). The van der Waals surface area contributed by atoms with Crippen molar-refractivity contribution in [1.82, 2.24) is 9.80 Å². The van der Waals surface area contributed by atoms with Crippen LogP contribution in [0.5, 0.6) is 0 Å². The van der Waals surface area contributed by atoms with Gasteiger partial charge in [-0.05, 0) is 30.2 Å². The van der Waals surface area contributed by atoms with E-state index in [1.165, 1.54) is 11.1 Å². The van der Waals surface area contributed by atoms with E-state index in [1.54, 1.807) is 0 Å². The predicted molar refractivity (Wildman–Crippen MR) is 108 cm³/mol. The van der Waals surface area contributed by atoms with Crippen LogP contribution in [0, 0.1) is 6.92 Å². The van der Waals surface area contributed by atoms with Crippen LogP contribution in [0.25, 0.3) is 6.08 Å². The molecule has 0 bridgehead atoms. The van der Waals surface area contributed by atoms with E-state index in [4.69, 9.17) is 0 Å². The van der Waals surface area contributed by atoms with Crippen LogP contribution < -0.4 is 5.32 Å². The van der Waals surface area contributed by atoms with Gasteiger partial charge in [-0.3, -0.25) is 9.69 Å². The van der Waals surface area contributed by atoms with E-state index in [2.05, 4.69) is 65.7 Å². The van der Waals surface area contributed by atoms with Gasteiger partial charge in [0.15, 0.2) is 0 Å². The number of nitrogens with one attached hydrogen (secondary N) is 1. The number of rotatable bonds is 6. The van der Waals surface area contributed by atoms with Crippen LogP contribution in [0.4, 0.5) is 5.69 Å². The first-order valence-corrected chi connectivity index (χ1v) is 9.23. The van der Waals surface area contributed by atoms with Gasteiger partial charge in [-0.1, -0.05) is 54.6 Å². The lowest BCUT2D eigenvalue weighted by atomic mass is 10.2. The Morgan fingerprint density at radius 3 is 2.54 bits per heavy atom. The third-order valence-corrected chi connectivity index (χ3v) is 4.66. The van der Waals surface area contributed by atoms with Crippen molar-refractivity contribution in [2.45, 2.75) is 6.92 Å². The summed E-state index contributed by atoms with van der Waals surface area (Å²) in [5.74, 6) is 0.172. The minimum absolute atomic E-state index is 0.172. The predicted octanol–water partition coefficient (Wildman–Crippen LogP) is 3.26. The minimum atomic E-state index is 0.172. The molecule has 1 N–H and O–H groups in total. The molecule has 1 amide bonds. The largest absolute Gasteiger partial charge is 0.376 e. The molecule has 4 nitrogen and oxygen atoms in total. The van der Waals surface area contributed by atoms with Crippen LogP contribution in [-0.2, 0) is 4.79 Å². The zero-order chi connectivity index (χ0) is 18.2. The number of carbonyl (C=O) groups is 1. The van der Waals surface area contributed by atoms with Gasteiger partial charge in [0.05, 0.1) is 6.54 Å². The second-order valence-corrected chi connectivity index (χ2v) is 6.72. The Labute approximate surface area is 156 Å². The Morgan fingerprint density at radius 1 is 1.04 bits per heavy atom. The van der Waals surface area contributed by atoms with E-state index in [0.29, 0.717) is 6.54 Å². The molecule has 136 valence electrons. The van der Waals surface area contributed by atoms with Crippen molar-refractivity contribution < 1.29 is 4.79 Å². The lowest BCUT2D eigenvalue weighted by Crippen LogP contribution is -2.50. The van der Waals surface area contributed by atoms with Crippen molar-refractivity contribution in [2.75, 3.05) is 44.6 Å². The Kier molecular flexibility index (Phi) is 6.45. The second kappa shape index (κ2) is 9.20. The van der Waals surface area contributed by atoms with Gasteiger partial charge in [0.1, 0.15) is 0 Å². The first-order chi connectivity index (χ1) is 12.7. The molecule has 0 spiro atoms. The van der Waals surface area contributed by atoms with Gasteiger partial charge in [-0.15, -0.1) is 0 Å². The normalized spacial score (nSPS) is 15.3. The monoisotopic (exact) mass is 349 g/mol. The molecule has 0 radical (unpaired) electrons. The number of benzene rings is 2. The molecule has 0 aliphatic carbocycles. The van der Waals surface area contributed by atoms with E-state index in [-0.39, 0.29) is 5.91 Å². The minimum Gasteiger partial charge on any atom is -0.376 e. The number of hydrogen-bond donors (Lipinski definition) is 1. The fourth-order valence-electron chi connectivity index (χ4n) is 3.13. The van der Waals surface area contributed by atoms with Crippen molar-refractivity contribution in [2.24, 2.45) is 0 Å². The van der Waals surface area contributed by atoms with E-state index >= 15 is 0 Å². The molecule has 1 fully saturated rings. The molecule has 0 saturated carbocycles. The highest BCUT2D eigenvalue weighted by molar-refractivity contribution is 5.81. The molecule has 1 heterocycles.